The number of H-pyrrole nitrogens is 1. The average Bonchev–Trinajstić information content (AvgIpc) is 3.05. The van der Waals surface area contributed by atoms with Crippen LogP contribution in [0, 0.1) is 0 Å². The van der Waals surface area contributed by atoms with Crippen molar-refractivity contribution in [1.29, 1.82) is 0 Å². The van der Waals surface area contributed by atoms with Crippen LogP contribution in [0.3, 0.4) is 0 Å². The third-order valence-electron chi connectivity index (χ3n) is 3.31. The minimum Gasteiger partial charge on any atom is -0.422 e. The summed E-state index contributed by atoms with van der Waals surface area (Å²) in [4.78, 5) is 27.0. The fourth-order valence-corrected chi connectivity index (χ4v) is 2.18. The molecule has 1 aliphatic rings. The quantitative estimate of drug-likeness (QED) is 0.537. The number of fused-ring (bicyclic) bond motifs is 1. The average molecular weight is 300 g/mol. The van der Waals surface area contributed by atoms with Crippen LogP contribution in [0.15, 0.2) is 40.2 Å². The summed E-state index contributed by atoms with van der Waals surface area (Å²) in [6, 6.07) is 1.86. The molecule has 8 nitrogen and oxygen atoms in total. The van der Waals surface area contributed by atoms with Gasteiger partial charge in [0.25, 0.3) is 5.56 Å². The fraction of sp³-hybridized carbons (Fsp3) is 0.286. The lowest BCUT2D eigenvalue weighted by Crippen LogP contribution is -2.14. The van der Waals surface area contributed by atoms with Gasteiger partial charge in [-0.05, 0) is 19.0 Å². The van der Waals surface area contributed by atoms with E-state index in [-0.39, 0.29) is 17.6 Å². The monoisotopic (exact) mass is 300 g/mol. The van der Waals surface area contributed by atoms with E-state index in [1.165, 1.54) is 18.6 Å². The van der Waals surface area contributed by atoms with E-state index in [0.717, 1.165) is 19.5 Å². The third kappa shape index (κ3) is 3.12. The van der Waals surface area contributed by atoms with Gasteiger partial charge in [0.05, 0.1) is 29.4 Å². The molecule has 0 amide bonds. The molecule has 1 aliphatic heterocycles. The Labute approximate surface area is 126 Å². The molecule has 2 aromatic rings. The second-order valence-corrected chi connectivity index (χ2v) is 4.86. The van der Waals surface area contributed by atoms with Gasteiger partial charge in [0, 0.05) is 18.9 Å². The number of nitrogens with zero attached hydrogens (tertiary/aromatic N) is 3. The van der Waals surface area contributed by atoms with Gasteiger partial charge < -0.3 is 15.8 Å². The van der Waals surface area contributed by atoms with Gasteiger partial charge in [-0.15, -0.1) is 0 Å². The molecule has 8 heteroatoms. The molecule has 3 rings (SSSR count). The van der Waals surface area contributed by atoms with Gasteiger partial charge in [-0.2, -0.15) is 4.98 Å². The first-order chi connectivity index (χ1) is 10.8. The van der Waals surface area contributed by atoms with Crippen molar-refractivity contribution in [3.63, 3.8) is 0 Å². The number of ether oxygens (including phenoxy) is 1. The minimum absolute atomic E-state index is 0.0539. The van der Waals surface area contributed by atoms with E-state index in [1.54, 1.807) is 12.3 Å². The van der Waals surface area contributed by atoms with E-state index in [4.69, 9.17) is 10.5 Å². The van der Waals surface area contributed by atoms with Gasteiger partial charge in [0.1, 0.15) is 0 Å². The lowest BCUT2D eigenvalue weighted by Gasteiger charge is -2.06. The SMILES string of the molecule is NC=C(C=N[C@H]1CCNC1)Oc1nc2cnccc2c(=O)[nH]1. The van der Waals surface area contributed by atoms with E-state index in [0.29, 0.717) is 16.7 Å². The number of allylic oxidation sites excluding steroid dienone is 1. The van der Waals surface area contributed by atoms with E-state index in [1.807, 2.05) is 0 Å². The summed E-state index contributed by atoms with van der Waals surface area (Å²) in [6.45, 7) is 1.79. The Hall–Kier alpha value is -2.74. The van der Waals surface area contributed by atoms with Crippen LogP contribution in [0.25, 0.3) is 10.9 Å². The Bertz CT molecular complexity index is 776. The molecule has 4 N–H and O–H groups in total. The van der Waals surface area contributed by atoms with Crippen LogP contribution < -0.4 is 21.3 Å². The van der Waals surface area contributed by atoms with E-state index >= 15 is 0 Å². The number of pyridine rings is 1. The van der Waals surface area contributed by atoms with Gasteiger partial charge in [-0.3, -0.25) is 19.8 Å². The molecule has 1 saturated heterocycles. The summed E-state index contributed by atoms with van der Waals surface area (Å²) in [6.07, 6.45) is 6.84. The Morgan fingerprint density at radius 1 is 1.55 bits per heavy atom. The fourth-order valence-electron chi connectivity index (χ4n) is 2.18. The van der Waals surface area contributed by atoms with Crippen LogP contribution in [0.1, 0.15) is 6.42 Å². The number of hydrogen-bond donors (Lipinski definition) is 3. The number of aliphatic imine (C=N–C) groups is 1. The van der Waals surface area contributed by atoms with Gasteiger partial charge >= 0.3 is 6.01 Å². The molecule has 0 spiro atoms. The molecule has 114 valence electrons. The smallest absolute Gasteiger partial charge is 0.302 e. The summed E-state index contributed by atoms with van der Waals surface area (Å²) < 4.78 is 5.48. The highest BCUT2D eigenvalue weighted by Crippen LogP contribution is 2.10. The molecule has 2 aromatic heterocycles. The molecule has 1 fully saturated rings. The number of aromatic amines is 1. The molecular weight excluding hydrogens is 284 g/mol. The first-order valence-electron chi connectivity index (χ1n) is 6.94. The molecule has 0 bridgehead atoms. The number of nitrogens with two attached hydrogens (primary N) is 1. The molecule has 1 atom stereocenters. The van der Waals surface area contributed by atoms with Crippen molar-refractivity contribution in [2.75, 3.05) is 13.1 Å². The molecule has 0 aliphatic carbocycles. The maximum Gasteiger partial charge on any atom is 0.302 e. The highest BCUT2D eigenvalue weighted by Gasteiger charge is 2.12. The van der Waals surface area contributed by atoms with Crippen molar-refractivity contribution in [2.24, 2.45) is 10.7 Å². The van der Waals surface area contributed by atoms with Gasteiger partial charge in [-0.1, -0.05) is 0 Å². The second-order valence-electron chi connectivity index (χ2n) is 4.86. The first-order valence-corrected chi connectivity index (χ1v) is 6.94. The largest absolute Gasteiger partial charge is 0.422 e. The van der Waals surface area contributed by atoms with Gasteiger partial charge in [0.15, 0.2) is 5.76 Å². The Morgan fingerprint density at radius 2 is 2.45 bits per heavy atom. The van der Waals surface area contributed by atoms with Crippen LogP contribution >= 0.6 is 0 Å². The molecular formula is C14H16N6O2. The minimum atomic E-state index is -0.296. The van der Waals surface area contributed by atoms with Crippen LogP contribution in [-0.4, -0.2) is 40.3 Å². The Morgan fingerprint density at radius 3 is 3.23 bits per heavy atom. The molecule has 0 aromatic carbocycles. The van der Waals surface area contributed by atoms with E-state index in [2.05, 4.69) is 25.3 Å². The molecule has 0 unspecified atom stereocenters. The van der Waals surface area contributed by atoms with Crippen LogP contribution in [0.2, 0.25) is 0 Å². The van der Waals surface area contributed by atoms with Crippen molar-refractivity contribution in [3.05, 3.63) is 40.8 Å². The van der Waals surface area contributed by atoms with Crippen molar-refractivity contribution in [2.45, 2.75) is 12.5 Å². The lowest BCUT2D eigenvalue weighted by molar-refractivity contribution is 0.417. The second kappa shape index (κ2) is 6.35. The molecule has 3 heterocycles. The summed E-state index contributed by atoms with van der Waals surface area (Å²) in [5.41, 5.74) is 5.69. The summed E-state index contributed by atoms with van der Waals surface area (Å²) in [5.74, 6) is 0.318. The van der Waals surface area contributed by atoms with Gasteiger partial charge in [-0.25, -0.2) is 0 Å². The molecule has 0 radical (unpaired) electrons. The number of nitrogens with one attached hydrogen (secondary N) is 2. The maximum atomic E-state index is 11.9. The van der Waals surface area contributed by atoms with Crippen molar-refractivity contribution in [3.8, 4) is 6.01 Å². The lowest BCUT2D eigenvalue weighted by atomic mass is 10.3. The predicted octanol–water partition coefficient (Wildman–Crippen LogP) is -0.0703. The van der Waals surface area contributed by atoms with Crippen molar-refractivity contribution >= 4 is 17.1 Å². The van der Waals surface area contributed by atoms with Crippen LogP contribution in [0.5, 0.6) is 6.01 Å². The zero-order valence-electron chi connectivity index (χ0n) is 11.8. The standard InChI is InChI=1S/C14H16N6O2/c15-5-10(7-18-9-1-3-16-6-9)22-14-19-12-8-17-4-2-11(12)13(21)20-14/h2,4-5,7-9,16H,1,3,6,15H2,(H,19,20,21)/t9-/m0/s1. The molecule has 22 heavy (non-hydrogen) atoms. The Kier molecular flexibility index (Phi) is 4.10. The van der Waals surface area contributed by atoms with Gasteiger partial charge in [0.2, 0.25) is 0 Å². The molecule has 0 saturated carbocycles. The highest BCUT2D eigenvalue weighted by atomic mass is 16.5. The number of aromatic nitrogens is 3. The third-order valence-corrected chi connectivity index (χ3v) is 3.31. The summed E-state index contributed by atoms with van der Waals surface area (Å²) >= 11 is 0. The van der Waals surface area contributed by atoms with E-state index < -0.39 is 0 Å². The van der Waals surface area contributed by atoms with E-state index in [9.17, 15) is 4.79 Å². The zero-order chi connectivity index (χ0) is 15.4. The summed E-state index contributed by atoms with van der Waals surface area (Å²) in [5, 5.41) is 3.67. The Balaban J connectivity index is 1.80. The first kappa shape index (κ1) is 14.2. The van der Waals surface area contributed by atoms with Crippen LogP contribution in [-0.2, 0) is 0 Å². The topological polar surface area (TPSA) is 118 Å². The summed E-state index contributed by atoms with van der Waals surface area (Å²) in [7, 11) is 0. The van der Waals surface area contributed by atoms with Crippen molar-refractivity contribution in [1.82, 2.24) is 20.3 Å². The number of hydrogen-bond acceptors (Lipinski definition) is 7. The number of rotatable bonds is 4. The highest BCUT2D eigenvalue weighted by molar-refractivity contribution is 5.78. The predicted molar refractivity (Wildman–Crippen MR) is 82.8 cm³/mol. The van der Waals surface area contributed by atoms with Crippen molar-refractivity contribution < 1.29 is 4.74 Å². The maximum absolute atomic E-state index is 11.9. The zero-order valence-corrected chi connectivity index (χ0v) is 11.8. The van der Waals surface area contributed by atoms with Crippen LogP contribution in [0.4, 0.5) is 0 Å². The normalized spacial score (nSPS) is 19.1.